The molecule has 0 spiro atoms. The predicted molar refractivity (Wildman–Crippen MR) is 92.9 cm³/mol. The molecule has 23 heavy (non-hydrogen) atoms. The normalized spacial score (nSPS) is 10.7. The molecule has 0 radical (unpaired) electrons. The molecule has 0 aliphatic rings. The van der Waals surface area contributed by atoms with Gasteiger partial charge in [0.05, 0.1) is 0 Å². The first-order chi connectivity index (χ1) is 11.3. The van der Waals surface area contributed by atoms with Gasteiger partial charge >= 0.3 is 0 Å². The number of rotatable bonds is 7. The van der Waals surface area contributed by atoms with Crippen LogP contribution in [0, 0.1) is 0 Å². The van der Waals surface area contributed by atoms with E-state index in [1.165, 1.54) is 0 Å². The number of H-pyrrole nitrogens is 1. The van der Waals surface area contributed by atoms with Crippen molar-refractivity contribution in [2.75, 3.05) is 0 Å². The summed E-state index contributed by atoms with van der Waals surface area (Å²) < 4.78 is 5.98. The Morgan fingerprint density at radius 2 is 1.83 bits per heavy atom. The van der Waals surface area contributed by atoms with E-state index in [1.54, 1.807) is 11.8 Å². The third-order valence-electron chi connectivity index (χ3n) is 3.30. The van der Waals surface area contributed by atoms with Crippen molar-refractivity contribution in [2.45, 2.75) is 30.7 Å². The SMILES string of the molecule is CCCc1nc(SCc2ccccc2Oc2ccccc2)n[nH]1. The van der Waals surface area contributed by atoms with Crippen LogP contribution in [-0.2, 0) is 12.2 Å². The van der Waals surface area contributed by atoms with Gasteiger partial charge in [0.1, 0.15) is 17.3 Å². The maximum absolute atomic E-state index is 5.98. The van der Waals surface area contributed by atoms with E-state index >= 15 is 0 Å². The largest absolute Gasteiger partial charge is 0.457 e. The second-order valence-electron chi connectivity index (χ2n) is 5.13. The molecule has 118 valence electrons. The van der Waals surface area contributed by atoms with E-state index in [4.69, 9.17) is 4.74 Å². The van der Waals surface area contributed by atoms with Crippen molar-refractivity contribution < 1.29 is 4.74 Å². The van der Waals surface area contributed by atoms with E-state index in [2.05, 4.69) is 28.2 Å². The average molecular weight is 325 g/mol. The maximum Gasteiger partial charge on any atom is 0.208 e. The van der Waals surface area contributed by atoms with Gasteiger partial charge in [-0.1, -0.05) is 55.1 Å². The Balaban J connectivity index is 1.67. The standard InChI is InChI=1S/C18H19N3OS/c1-2-8-17-19-18(21-20-17)23-13-14-9-6-7-12-16(14)22-15-10-4-3-5-11-15/h3-7,9-12H,2,8,13H2,1H3,(H,19,20,21). The van der Waals surface area contributed by atoms with Crippen LogP contribution in [0.2, 0.25) is 0 Å². The van der Waals surface area contributed by atoms with Gasteiger partial charge in [0.15, 0.2) is 0 Å². The minimum atomic E-state index is 0.770. The van der Waals surface area contributed by atoms with E-state index in [9.17, 15) is 0 Å². The highest BCUT2D eigenvalue weighted by atomic mass is 32.2. The molecule has 3 rings (SSSR count). The Labute approximate surface area is 140 Å². The Bertz CT molecular complexity index is 743. The van der Waals surface area contributed by atoms with Gasteiger partial charge < -0.3 is 4.74 Å². The highest BCUT2D eigenvalue weighted by molar-refractivity contribution is 7.98. The molecule has 0 amide bonds. The predicted octanol–water partition coefficient (Wildman–Crippen LogP) is 4.84. The lowest BCUT2D eigenvalue weighted by molar-refractivity contribution is 0.478. The molecule has 4 nitrogen and oxygen atoms in total. The van der Waals surface area contributed by atoms with Gasteiger partial charge in [-0.3, -0.25) is 5.10 Å². The molecule has 2 aromatic carbocycles. The summed E-state index contributed by atoms with van der Waals surface area (Å²) >= 11 is 1.61. The van der Waals surface area contributed by atoms with Gasteiger partial charge in [0.2, 0.25) is 5.16 Å². The molecule has 3 aromatic rings. The topological polar surface area (TPSA) is 50.8 Å². The van der Waals surface area contributed by atoms with E-state index in [0.717, 1.165) is 46.6 Å². The Morgan fingerprint density at radius 3 is 2.65 bits per heavy atom. The fourth-order valence-electron chi connectivity index (χ4n) is 2.17. The third-order valence-corrected chi connectivity index (χ3v) is 4.19. The summed E-state index contributed by atoms with van der Waals surface area (Å²) in [4.78, 5) is 4.48. The van der Waals surface area contributed by atoms with Gasteiger partial charge in [0, 0.05) is 17.7 Å². The van der Waals surface area contributed by atoms with Crippen molar-refractivity contribution in [1.29, 1.82) is 0 Å². The number of ether oxygens (including phenoxy) is 1. The Kier molecular flexibility index (Phi) is 5.32. The molecular formula is C18H19N3OS. The molecule has 0 aliphatic heterocycles. The molecule has 0 saturated heterocycles. The van der Waals surface area contributed by atoms with Gasteiger partial charge in [-0.05, 0) is 24.6 Å². The summed E-state index contributed by atoms with van der Waals surface area (Å²) in [6.45, 7) is 2.13. The van der Waals surface area contributed by atoms with Crippen LogP contribution >= 0.6 is 11.8 Å². The number of aromatic amines is 1. The van der Waals surface area contributed by atoms with E-state index < -0.39 is 0 Å². The molecule has 1 N–H and O–H groups in total. The van der Waals surface area contributed by atoms with E-state index in [0.29, 0.717) is 0 Å². The van der Waals surface area contributed by atoms with Gasteiger partial charge in [-0.25, -0.2) is 4.98 Å². The lowest BCUT2D eigenvalue weighted by Gasteiger charge is -2.10. The number of nitrogens with one attached hydrogen (secondary N) is 1. The van der Waals surface area contributed by atoms with Crippen LogP contribution in [0.5, 0.6) is 11.5 Å². The van der Waals surface area contributed by atoms with E-state index in [-0.39, 0.29) is 0 Å². The van der Waals surface area contributed by atoms with Crippen LogP contribution in [0.15, 0.2) is 59.8 Å². The van der Waals surface area contributed by atoms with E-state index in [1.807, 2.05) is 48.5 Å². The first-order valence-corrected chi connectivity index (χ1v) is 8.68. The number of nitrogens with zero attached hydrogens (tertiary/aromatic N) is 2. The summed E-state index contributed by atoms with van der Waals surface area (Å²) in [7, 11) is 0. The number of aromatic nitrogens is 3. The first-order valence-electron chi connectivity index (χ1n) is 7.70. The van der Waals surface area contributed by atoms with Crippen LogP contribution in [-0.4, -0.2) is 15.2 Å². The first kappa shape index (κ1) is 15.6. The lowest BCUT2D eigenvalue weighted by atomic mass is 10.2. The van der Waals surface area contributed by atoms with Crippen molar-refractivity contribution in [3.05, 3.63) is 66.0 Å². The number of hydrogen-bond acceptors (Lipinski definition) is 4. The zero-order valence-electron chi connectivity index (χ0n) is 13.0. The van der Waals surface area contributed by atoms with Crippen molar-refractivity contribution in [3.8, 4) is 11.5 Å². The second-order valence-corrected chi connectivity index (χ2v) is 6.07. The van der Waals surface area contributed by atoms with Crippen LogP contribution in [0.4, 0.5) is 0 Å². The van der Waals surface area contributed by atoms with Crippen LogP contribution in [0.25, 0.3) is 0 Å². The van der Waals surface area contributed by atoms with Gasteiger partial charge in [-0.15, -0.1) is 5.10 Å². The molecule has 0 fully saturated rings. The molecule has 0 bridgehead atoms. The molecule has 0 saturated carbocycles. The van der Waals surface area contributed by atoms with Crippen molar-refractivity contribution in [2.24, 2.45) is 0 Å². The van der Waals surface area contributed by atoms with Crippen molar-refractivity contribution >= 4 is 11.8 Å². The molecule has 1 aromatic heterocycles. The highest BCUT2D eigenvalue weighted by Crippen LogP contribution is 2.29. The van der Waals surface area contributed by atoms with Crippen LogP contribution < -0.4 is 4.74 Å². The second kappa shape index (κ2) is 7.83. The van der Waals surface area contributed by atoms with Crippen molar-refractivity contribution in [3.63, 3.8) is 0 Å². The molecule has 0 unspecified atom stereocenters. The summed E-state index contributed by atoms with van der Waals surface area (Å²) in [5.41, 5.74) is 1.13. The number of aryl methyl sites for hydroxylation is 1. The zero-order valence-corrected chi connectivity index (χ0v) is 13.8. The number of para-hydroxylation sites is 2. The van der Waals surface area contributed by atoms with Crippen LogP contribution in [0.3, 0.4) is 0 Å². The van der Waals surface area contributed by atoms with Crippen LogP contribution in [0.1, 0.15) is 24.7 Å². The smallest absolute Gasteiger partial charge is 0.208 e. The number of thioether (sulfide) groups is 1. The molecule has 1 heterocycles. The summed E-state index contributed by atoms with van der Waals surface area (Å²) in [5, 5.41) is 8.01. The Morgan fingerprint density at radius 1 is 1.04 bits per heavy atom. The lowest BCUT2D eigenvalue weighted by Crippen LogP contribution is -1.90. The molecule has 0 aliphatic carbocycles. The number of hydrogen-bond donors (Lipinski definition) is 1. The fourth-order valence-corrected chi connectivity index (χ4v) is 2.98. The maximum atomic E-state index is 5.98. The highest BCUT2D eigenvalue weighted by Gasteiger charge is 2.08. The molecule has 0 atom stereocenters. The average Bonchev–Trinajstić information content (AvgIpc) is 3.03. The summed E-state index contributed by atoms with van der Waals surface area (Å²) in [6.07, 6.45) is 1.99. The fraction of sp³-hybridized carbons (Fsp3) is 0.222. The third kappa shape index (κ3) is 4.36. The zero-order chi connectivity index (χ0) is 15.9. The molecular weight excluding hydrogens is 306 g/mol. The van der Waals surface area contributed by atoms with Gasteiger partial charge in [0.25, 0.3) is 0 Å². The summed E-state index contributed by atoms with van der Waals surface area (Å²) in [5.74, 6) is 3.43. The monoisotopic (exact) mass is 325 g/mol. The summed E-state index contributed by atoms with van der Waals surface area (Å²) in [6, 6.07) is 17.9. The molecule has 5 heteroatoms. The van der Waals surface area contributed by atoms with Gasteiger partial charge in [-0.2, -0.15) is 0 Å². The number of benzene rings is 2. The Hall–Kier alpha value is -2.27. The minimum absolute atomic E-state index is 0.770. The minimum Gasteiger partial charge on any atom is -0.457 e. The van der Waals surface area contributed by atoms with Crippen molar-refractivity contribution in [1.82, 2.24) is 15.2 Å². The quantitative estimate of drug-likeness (QED) is 0.631.